The molecule has 0 spiro atoms. The Morgan fingerprint density at radius 3 is 2.50 bits per heavy atom. The van der Waals surface area contributed by atoms with Crippen LogP contribution in [0.4, 0.5) is 0 Å². The maximum Gasteiger partial charge on any atom is 0.0716 e. The van der Waals surface area contributed by atoms with E-state index >= 15 is 0 Å². The van der Waals surface area contributed by atoms with Gasteiger partial charge in [0.1, 0.15) is 0 Å². The predicted molar refractivity (Wildman–Crippen MR) is 39.6 cm³/mol. The summed E-state index contributed by atoms with van der Waals surface area (Å²) < 4.78 is 0. The molecule has 0 rings (SSSR count). The molecule has 0 aliphatic heterocycles. The van der Waals surface area contributed by atoms with Gasteiger partial charge in [0, 0.05) is 21.2 Å². The van der Waals surface area contributed by atoms with E-state index in [1.54, 1.807) is 0 Å². The summed E-state index contributed by atoms with van der Waals surface area (Å²) in [6, 6.07) is 0. The maximum atomic E-state index is 5.29. The third-order valence-corrected chi connectivity index (χ3v) is 2.31. The molecule has 0 radical (unpaired) electrons. The summed E-state index contributed by atoms with van der Waals surface area (Å²) in [6.07, 6.45) is 1.87. The third kappa shape index (κ3) is 2.84. The van der Waals surface area contributed by atoms with Crippen molar-refractivity contribution in [1.29, 1.82) is 0 Å². The van der Waals surface area contributed by atoms with E-state index in [1.807, 2.05) is 13.0 Å². The first-order valence-electron chi connectivity index (χ1n) is 1.51. The average Bonchev–Trinajstić information content (AvgIpc) is 1.65. The number of rotatable bonds is 1. The van der Waals surface area contributed by atoms with Crippen LogP contribution in [0.25, 0.3) is 0 Å². The highest BCUT2D eigenvalue weighted by Crippen LogP contribution is 2.17. The lowest BCUT2D eigenvalue weighted by Gasteiger charge is -1.83. The predicted octanol–water partition coefficient (Wildman–Crippen LogP) is 1.89. The van der Waals surface area contributed by atoms with E-state index in [1.165, 1.54) is 8.93 Å². The molecule has 0 aliphatic carbocycles. The molecule has 6 heavy (non-hydrogen) atoms. The molecule has 0 aliphatic rings. The second-order valence-electron chi connectivity index (χ2n) is 0.768. The summed E-state index contributed by atoms with van der Waals surface area (Å²) in [4.78, 5) is 0. The first kappa shape index (κ1) is 6.62. The fourth-order valence-electron chi connectivity index (χ4n) is 0.0445. The van der Waals surface area contributed by atoms with Gasteiger partial charge in [0.25, 0.3) is 0 Å². The molecule has 0 saturated heterocycles. The summed E-state index contributed by atoms with van der Waals surface area (Å²) >= 11 is 2.14. The molecule has 1 nitrogen and oxygen atoms in total. The lowest BCUT2D eigenvalue weighted by atomic mass is 10.7. The number of nitrogens with two attached hydrogens (primary N) is 1. The number of halogens is 1. The lowest BCUT2D eigenvalue weighted by Crippen LogP contribution is -1.85. The van der Waals surface area contributed by atoms with Crippen molar-refractivity contribution < 1.29 is 0 Å². The van der Waals surface area contributed by atoms with Gasteiger partial charge in [-0.05, 0) is 15.9 Å². The van der Waals surface area contributed by atoms with Crippen LogP contribution in [-0.2, 0) is 0 Å². The maximum absolute atomic E-state index is 5.29. The van der Waals surface area contributed by atoms with E-state index < -0.39 is 0 Å². The summed E-state index contributed by atoms with van der Waals surface area (Å²) in [7, 11) is 1.53. The van der Waals surface area contributed by atoms with Gasteiger partial charge in [0.2, 0.25) is 0 Å². The number of hydrogen-bond donors (Lipinski definition) is 1. The van der Waals surface area contributed by atoms with Gasteiger partial charge in [-0.3, -0.25) is 0 Å². The molecule has 0 atom stereocenters. The molecule has 0 aromatic carbocycles. The molecule has 0 heterocycles. The average molecular weight is 215 g/mol. The largest absolute Gasteiger partial charge is 0.393 e. The Morgan fingerprint density at radius 2 is 2.50 bits per heavy atom. The van der Waals surface area contributed by atoms with Gasteiger partial charge in [0.05, 0.1) is 5.03 Å². The molecule has 0 unspecified atom stereocenters. The normalized spacial score (nSPS) is 12.0. The monoisotopic (exact) mass is 215 g/mol. The minimum absolute atomic E-state index is 0.871. The fourth-order valence-corrected chi connectivity index (χ4v) is 0.896. The first-order valence-corrected chi connectivity index (χ1v) is 4.87. The molecule has 0 saturated carbocycles. The summed E-state index contributed by atoms with van der Waals surface area (Å²) in [5.41, 5.74) is 5.29. The number of allylic oxidation sites excluding steroid dienone is 1. The fraction of sp³-hybridized carbons (Fsp3) is 0.333. The molecule has 0 bridgehead atoms. The van der Waals surface area contributed by atoms with E-state index in [-0.39, 0.29) is 0 Å². The van der Waals surface area contributed by atoms with Crippen molar-refractivity contribution in [2.75, 3.05) is 0 Å². The molecule has 2 N–H and O–H groups in total. The van der Waals surface area contributed by atoms with Crippen LogP contribution in [0.15, 0.2) is 11.1 Å². The van der Waals surface area contributed by atoms with Gasteiger partial charge in [0.15, 0.2) is 0 Å². The van der Waals surface area contributed by atoms with E-state index in [4.69, 9.17) is 5.73 Å². The Hall–Kier alpha value is 0.620. The standard InChI is InChI=1S/C3H6INS/c1-2-3(5)6-4/h2H,5H2,1H3/b3-2+. The van der Waals surface area contributed by atoms with Crippen molar-refractivity contribution >= 4 is 30.1 Å². The summed E-state index contributed by atoms with van der Waals surface area (Å²) in [5.74, 6) is 0. The molecule has 0 aromatic rings. The summed E-state index contributed by atoms with van der Waals surface area (Å²) in [6.45, 7) is 1.92. The van der Waals surface area contributed by atoms with Crippen LogP contribution in [0.3, 0.4) is 0 Å². The van der Waals surface area contributed by atoms with Crippen LogP contribution in [0.1, 0.15) is 6.92 Å². The highest BCUT2D eigenvalue weighted by molar-refractivity contribution is 14.2. The minimum atomic E-state index is 0.871. The molecule has 0 amide bonds. The molecular formula is C3H6INS. The zero-order chi connectivity index (χ0) is 4.99. The van der Waals surface area contributed by atoms with Gasteiger partial charge in [-0.2, -0.15) is 0 Å². The molecule has 36 valence electrons. The zero-order valence-corrected chi connectivity index (χ0v) is 6.41. The van der Waals surface area contributed by atoms with E-state index in [0.717, 1.165) is 5.03 Å². The molecular weight excluding hydrogens is 209 g/mol. The van der Waals surface area contributed by atoms with Crippen LogP contribution >= 0.6 is 30.1 Å². The van der Waals surface area contributed by atoms with Crippen LogP contribution in [0.2, 0.25) is 0 Å². The SMILES string of the molecule is C/C=C(\N)SI. The Morgan fingerprint density at radius 1 is 2.00 bits per heavy atom. The van der Waals surface area contributed by atoms with Crippen LogP contribution in [0.5, 0.6) is 0 Å². The third-order valence-electron chi connectivity index (χ3n) is 0.374. The first-order chi connectivity index (χ1) is 2.81. The van der Waals surface area contributed by atoms with Crippen LogP contribution in [-0.4, -0.2) is 0 Å². The quantitative estimate of drug-likeness (QED) is 0.676. The highest BCUT2D eigenvalue weighted by Gasteiger charge is 1.76. The smallest absolute Gasteiger partial charge is 0.0716 e. The Kier molecular flexibility index (Phi) is 4.19. The van der Waals surface area contributed by atoms with Gasteiger partial charge >= 0.3 is 0 Å². The second kappa shape index (κ2) is 3.80. The Bertz CT molecular complexity index is 61.8. The van der Waals surface area contributed by atoms with Gasteiger partial charge in [-0.15, -0.1) is 0 Å². The minimum Gasteiger partial charge on any atom is -0.393 e. The van der Waals surface area contributed by atoms with Crippen molar-refractivity contribution in [2.24, 2.45) is 5.73 Å². The highest BCUT2D eigenvalue weighted by atomic mass is 127. The van der Waals surface area contributed by atoms with Crippen molar-refractivity contribution in [3.63, 3.8) is 0 Å². The van der Waals surface area contributed by atoms with Crippen molar-refractivity contribution in [2.45, 2.75) is 6.92 Å². The van der Waals surface area contributed by atoms with E-state index in [0.29, 0.717) is 0 Å². The van der Waals surface area contributed by atoms with Crippen molar-refractivity contribution in [3.8, 4) is 0 Å². The van der Waals surface area contributed by atoms with Crippen molar-refractivity contribution in [1.82, 2.24) is 0 Å². The molecule has 0 aromatic heterocycles. The van der Waals surface area contributed by atoms with E-state index in [2.05, 4.69) is 21.2 Å². The van der Waals surface area contributed by atoms with Gasteiger partial charge in [-0.25, -0.2) is 0 Å². The second-order valence-corrected chi connectivity index (χ2v) is 2.72. The van der Waals surface area contributed by atoms with Crippen molar-refractivity contribution in [3.05, 3.63) is 11.1 Å². The zero-order valence-electron chi connectivity index (χ0n) is 3.44. The lowest BCUT2D eigenvalue weighted by molar-refractivity contribution is 1.51. The Balaban J connectivity index is 3.22. The number of hydrogen-bond acceptors (Lipinski definition) is 2. The van der Waals surface area contributed by atoms with Crippen LogP contribution < -0.4 is 5.73 Å². The summed E-state index contributed by atoms with van der Waals surface area (Å²) in [5, 5.41) is 0.871. The molecule has 3 heteroatoms. The Labute approximate surface area is 54.0 Å². The topological polar surface area (TPSA) is 26.0 Å². The van der Waals surface area contributed by atoms with Crippen LogP contribution in [0, 0.1) is 0 Å². The van der Waals surface area contributed by atoms with Gasteiger partial charge < -0.3 is 5.73 Å². The molecule has 0 fully saturated rings. The van der Waals surface area contributed by atoms with Gasteiger partial charge in [-0.1, -0.05) is 6.08 Å². The van der Waals surface area contributed by atoms with E-state index in [9.17, 15) is 0 Å².